The highest BCUT2D eigenvalue weighted by Crippen LogP contribution is 2.43. The average Bonchev–Trinajstić information content (AvgIpc) is 3.79. The van der Waals surface area contributed by atoms with Gasteiger partial charge < -0.3 is 24.1 Å². The normalized spacial score (nSPS) is 17.4. The maximum atomic E-state index is 13.7. The molecule has 1 fully saturated rings. The van der Waals surface area contributed by atoms with Crippen LogP contribution >= 0.6 is 0 Å². The summed E-state index contributed by atoms with van der Waals surface area (Å²) >= 11 is 0. The van der Waals surface area contributed by atoms with Crippen molar-refractivity contribution in [2.75, 3.05) is 25.7 Å². The molecule has 6 aromatic rings. The lowest BCUT2D eigenvalue weighted by Gasteiger charge is -2.37. The summed E-state index contributed by atoms with van der Waals surface area (Å²) in [5.74, 6) is 1.65. The molecule has 3 heterocycles. The van der Waals surface area contributed by atoms with Gasteiger partial charge in [0, 0.05) is 18.0 Å². The number of anilines is 1. The first-order valence-electron chi connectivity index (χ1n) is 17.2. The minimum absolute atomic E-state index is 0.0597. The van der Waals surface area contributed by atoms with Crippen molar-refractivity contribution in [2.45, 2.75) is 50.3 Å². The fourth-order valence-electron chi connectivity index (χ4n) is 6.84. The Hall–Kier alpha value is -5.62. The maximum Gasteiger partial charge on any atom is 0.259 e. The van der Waals surface area contributed by atoms with Gasteiger partial charge in [-0.15, -0.1) is 0 Å². The van der Waals surface area contributed by atoms with Gasteiger partial charge in [-0.25, -0.2) is 15.0 Å². The van der Waals surface area contributed by atoms with Crippen LogP contribution in [0.5, 0.6) is 11.5 Å². The second kappa shape index (κ2) is 14.9. The highest BCUT2D eigenvalue weighted by molar-refractivity contribution is 6.08. The van der Waals surface area contributed by atoms with E-state index in [4.69, 9.17) is 18.9 Å². The Morgan fingerprint density at radius 2 is 1.42 bits per heavy atom. The van der Waals surface area contributed by atoms with E-state index in [1.165, 1.54) is 6.33 Å². The van der Waals surface area contributed by atoms with Gasteiger partial charge in [0.1, 0.15) is 35.8 Å². The van der Waals surface area contributed by atoms with E-state index in [0.29, 0.717) is 22.5 Å². The Morgan fingerprint density at radius 3 is 2.00 bits per heavy atom. The van der Waals surface area contributed by atoms with Crippen LogP contribution in [0, 0.1) is 0 Å². The van der Waals surface area contributed by atoms with Gasteiger partial charge in [0.05, 0.1) is 33.3 Å². The molecule has 1 amide bonds. The van der Waals surface area contributed by atoms with Crippen molar-refractivity contribution in [3.8, 4) is 11.5 Å². The predicted molar refractivity (Wildman–Crippen MR) is 197 cm³/mol. The van der Waals surface area contributed by atoms with Gasteiger partial charge in [-0.2, -0.15) is 0 Å². The first-order chi connectivity index (χ1) is 25.3. The molecule has 266 valence electrons. The molecule has 11 nitrogen and oxygen atoms in total. The summed E-state index contributed by atoms with van der Waals surface area (Å²) in [6, 6.07) is 34.4. The zero-order valence-corrected chi connectivity index (χ0v) is 29.5. The topological polar surface area (TPSA) is 121 Å². The third kappa shape index (κ3) is 6.50. The van der Waals surface area contributed by atoms with E-state index in [1.807, 2.05) is 111 Å². The summed E-state index contributed by atoms with van der Waals surface area (Å²) in [5.41, 5.74) is 3.07. The zero-order chi connectivity index (χ0) is 36.2. The van der Waals surface area contributed by atoms with E-state index in [-0.39, 0.29) is 25.0 Å². The summed E-state index contributed by atoms with van der Waals surface area (Å²) in [6.45, 7) is 3.92. The van der Waals surface area contributed by atoms with Crippen molar-refractivity contribution in [2.24, 2.45) is 0 Å². The van der Waals surface area contributed by atoms with Crippen LogP contribution in [0.2, 0.25) is 0 Å². The number of hydrogen-bond acceptors (Lipinski definition) is 9. The number of methoxy groups -OCH3 is 2. The number of aliphatic hydroxyl groups is 1. The molecular weight excluding hydrogens is 658 g/mol. The zero-order valence-electron chi connectivity index (χ0n) is 29.5. The quantitative estimate of drug-likeness (QED) is 0.142. The number of aromatic nitrogens is 4. The van der Waals surface area contributed by atoms with Crippen LogP contribution in [0.15, 0.2) is 122 Å². The fraction of sp³-hybridized carbons (Fsp3) is 0.268. The summed E-state index contributed by atoms with van der Waals surface area (Å²) in [7, 11) is 3.27. The molecule has 0 saturated carbocycles. The van der Waals surface area contributed by atoms with Crippen molar-refractivity contribution >= 4 is 22.9 Å². The number of fused-ring (bicyclic) bond motifs is 1. The lowest BCUT2D eigenvalue weighted by Crippen LogP contribution is -2.38. The number of hydrogen-bond donors (Lipinski definition) is 1. The SMILES string of the molecule is COc1ccc(C(OCC2OC(n3cnc4c(N(C(=O)c5ccccc5)C(C)C)ncnc43)CC2O)(c2ccccc2)c2ccc(OC)cc2)cc1. The van der Waals surface area contributed by atoms with Crippen LogP contribution in [-0.2, 0) is 15.1 Å². The van der Waals surface area contributed by atoms with E-state index in [0.717, 1.165) is 28.2 Å². The van der Waals surface area contributed by atoms with Crippen molar-refractivity contribution in [3.05, 3.63) is 144 Å². The Kier molecular flexibility index (Phi) is 9.99. The maximum absolute atomic E-state index is 13.7. The first-order valence-corrected chi connectivity index (χ1v) is 17.2. The molecule has 52 heavy (non-hydrogen) atoms. The van der Waals surface area contributed by atoms with Gasteiger partial charge in [-0.05, 0) is 66.9 Å². The van der Waals surface area contributed by atoms with E-state index in [9.17, 15) is 9.90 Å². The van der Waals surface area contributed by atoms with Crippen molar-refractivity contribution in [1.82, 2.24) is 19.5 Å². The number of carbonyl (C=O) groups is 1. The molecule has 3 atom stereocenters. The van der Waals surface area contributed by atoms with E-state index in [2.05, 4.69) is 15.0 Å². The summed E-state index contributed by atoms with van der Waals surface area (Å²) in [5, 5.41) is 11.4. The molecule has 1 aliphatic heterocycles. The lowest BCUT2D eigenvalue weighted by molar-refractivity contribution is -0.0931. The van der Waals surface area contributed by atoms with Gasteiger partial charge >= 0.3 is 0 Å². The molecule has 7 rings (SSSR count). The predicted octanol–water partition coefficient (Wildman–Crippen LogP) is 6.56. The lowest BCUT2D eigenvalue weighted by atomic mass is 9.80. The molecule has 3 unspecified atom stereocenters. The number of ether oxygens (including phenoxy) is 4. The van der Waals surface area contributed by atoms with Crippen molar-refractivity contribution < 1.29 is 28.8 Å². The van der Waals surface area contributed by atoms with Gasteiger partial charge in [0.25, 0.3) is 5.91 Å². The fourth-order valence-corrected chi connectivity index (χ4v) is 6.84. The number of rotatable bonds is 12. The van der Waals surface area contributed by atoms with Crippen LogP contribution < -0.4 is 14.4 Å². The van der Waals surface area contributed by atoms with Gasteiger partial charge in [0.15, 0.2) is 17.0 Å². The summed E-state index contributed by atoms with van der Waals surface area (Å²) in [6.07, 6.45) is 1.19. The molecule has 0 spiro atoms. The minimum Gasteiger partial charge on any atom is -0.497 e. The van der Waals surface area contributed by atoms with E-state index >= 15 is 0 Å². The number of carbonyl (C=O) groups excluding carboxylic acids is 1. The third-order valence-corrected chi connectivity index (χ3v) is 9.48. The van der Waals surface area contributed by atoms with Gasteiger partial charge in [-0.3, -0.25) is 14.3 Å². The molecule has 4 aromatic carbocycles. The number of imidazole rings is 1. The monoisotopic (exact) mass is 699 g/mol. The minimum atomic E-state index is -1.07. The first kappa shape index (κ1) is 34.8. The Labute approximate surface area is 302 Å². The van der Waals surface area contributed by atoms with Crippen LogP contribution in [0.25, 0.3) is 11.2 Å². The number of aliphatic hydroxyl groups excluding tert-OH is 1. The van der Waals surface area contributed by atoms with Crippen LogP contribution in [0.4, 0.5) is 5.82 Å². The molecule has 0 aliphatic carbocycles. The largest absolute Gasteiger partial charge is 0.497 e. The van der Waals surface area contributed by atoms with Crippen LogP contribution in [0.3, 0.4) is 0 Å². The Balaban J connectivity index is 1.20. The number of nitrogens with zero attached hydrogens (tertiary/aromatic N) is 5. The molecule has 1 saturated heterocycles. The molecular formula is C41H41N5O6. The second-order valence-electron chi connectivity index (χ2n) is 12.9. The molecule has 1 N–H and O–H groups in total. The molecule has 2 aromatic heterocycles. The standard InChI is InChI=1S/C41H41N5O6/c1-27(2)46(40(48)28-11-7-5-8-12-28)39-37-38(42-25-43-39)45(26-44-37)36-23-34(47)35(52-36)24-51-41(29-13-9-6-10-14-29,30-15-19-32(49-3)20-16-30)31-17-21-33(50-4)22-18-31/h5-22,25-27,34-36,47H,23-24H2,1-4H3. The van der Waals surface area contributed by atoms with Crippen molar-refractivity contribution in [3.63, 3.8) is 0 Å². The Morgan fingerprint density at radius 1 is 0.846 bits per heavy atom. The highest BCUT2D eigenvalue weighted by atomic mass is 16.6. The number of benzene rings is 4. The second-order valence-corrected chi connectivity index (χ2v) is 12.9. The Bertz CT molecular complexity index is 2060. The van der Waals surface area contributed by atoms with E-state index < -0.39 is 24.0 Å². The van der Waals surface area contributed by atoms with Gasteiger partial charge in [0.2, 0.25) is 0 Å². The molecule has 0 radical (unpaired) electrons. The average molecular weight is 700 g/mol. The van der Waals surface area contributed by atoms with Crippen LogP contribution in [-0.4, -0.2) is 69.6 Å². The van der Waals surface area contributed by atoms with Gasteiger partial charge in [-0.1, -0.05) is 72.8 Å². The number of amides is 1. The van der Waals surface area contributed by atoms with E-state index in [1.54, 1.807) is 42.1 Å². The third-order valence-electron chi connectivity index (χ3n) is 9.48. The molecule has 1 aliphatic rings. The molecule has 11 heteroatoms. The van der Waals surface area contributed by atoms with Crippen molar-refractivity contribution in [1.29, 1.82) is 0 Å². The van der Waals surface area contributed by atoms with Crippen LogP contribution in [0.1, 0.15) is 53.5 Å². The molecule has 0 bridgehead atoms. The summed E-state index contributed by atoms with van der Waals surface area (Å²) < 4.78 is 26.3. The highest BCUT2D eigenvalue weighted by Gasteiger charge is 2.42. The summed E-state index contributed by atoms with van der Waals surface area (Å²) in [4.78, 5) is 29.0. The smallest absolute Gasteiger partial charge is 0.259 e.